The predicted octanol–water partition coefficient (Wildman–Crippen LogP) is 6.12. The standard InChI is InChI=1S/C15H17BrClNS/c1-9(2)4-7-13-14(19-15(16)18-13)11-6-5-10(3)12(17)8-11/h5-6,8-9H,4,7H2,1-3H3. The highest BCUT2D eigenvalue weighted by molar-refractivity contribution is 9.11. The van der Waals surface area contributed by atoms with Gasteiger partial charge in [0.05, 0.1) is 10.6 Å². The molecular weight excluding hydrogens is 342 g/mol. The Morgan fingerprint density at radius 1 is 1.37 bits per heavy atom. The highest BCUT2D eigenvalue weighted by atomic mass is 79.9. The van der Waals surface area contributed by atoms with Gasteiger partial charge in [0.25, 0.3) is 0 Å². The number of thiazole rings is 1. The molecule has 102 valence electrons. The number of nitrogens with zero attached hydrogens (tertiary/aromatic N) is 1. The van der Waals surface area contributed by atoms with Gasteiger partial charge in [0, 0.05) is 5.02 Å². The van der Waals surface area contributed by atoms with Gasteiger partial charge in [0.1, 0.15) is 0 Å². The first-order valence-electron chi connectivity index (χ1n) is 6.39. The van der Waals surface area contributed by atoms with Crippen LogP contribution in [-0.4, -0.2) is 4.98 Å². The zero-order valence-electron chi connectivity index (χ0n) is 11.3. The molecule has 4 heteroatoms. The highest BCUT2D eigenvalue weighted by Gasteiger charge is 2.13. The molecule has 0 bridgehead atoms. The van der Waals surface area contributed by atoms with Gasteiger partial charge >= 0.3 is 0 Å². The van der Waals surface area contributed by atoms with Crippen LogP contribution in [0.25, 0.3) is 10.4 Å². The van der Waals surface area contributed by atoms with Crippen LogP contribution in [0.5, 0.6) is 0 Å². The molecule has 0 aliphatic rings. The zero-order chi connectivity index (χ0) is 14.0. The summed E-state index contributed by atoms with van der Waals surface area (Å²) in [6.07, 6.45) is 2.17. The van der Waals surface area contributed by atoms with Gasteiger partial charge in [-0.25, -0.2) is 4.98 Å². The Balaban J connectivity index is 2.35. The van der Waals surface area contributed by atoms with Crippen LogP contribution in [0.2, 0.25) is 5.02 Å². The SMILES string of the molecule is Cc1ccc(-c2sc(Br)nc2CCC(C)C)cc1Cl. The van der Waals surface area contributed by atoms with E-state index in [9.17, 15) is 0 Å². The fraction of sp³-hybridized carbons (Fsp3) is 0.400. The van der Waals surface area contributed by atoms with Crippen molar-refractivity contribution in [3.05, 3.63) is 38.4 Å². The number of hydrogen-bond acceptors (Lipinski definition) is 2. The van der Waals surface area contributed by atoms with Crippen molar-refractivity contribution in [3.63, 3.8) is 0 Å². The van der Waals surface area contributed by atoms with Crippen LogP contribution >= 0.6 is 38.9 Å². The second-order valence-electron chi connectivity index (χ2n) is 5.14. The number of benzene rings is 1. The van der Waals surface area contributed by atoms with Crippen molar-refractivity contribution in [1.82, 2.24) is 4.98 Å². The van der Waals surface area contributed by atoms with E-state index in [0.29, 0.717) is 5.92 Å². The summed E-state index contributed by atoms with van der Waals surface area (Å²) in [5, 5.41) is 0.817. The van der Waals surface area contributed by atoms with Crippen LogP contribution < -0.4 is 0 Å². The van der Waals surface area contributed by atoms with E-state index >= 15 is 0 Å². The van der Waals surface area contributed by atoms with E-state index in [4.69, 9.17) is 11.6 Å². The lowest BCUT2D eigenvalue weighted by Crippen LogP contribution is -1.94. The smallest absolute Gasteiger partial charge is 0.159 e. The van der Waals surface area contributed by atoms with Gasteiger partial charge in [-0.05, 0) is 58.8 Å². The minimum atomic E-state index is 0.690. The summed E-state index contributed by atoms with van der Waals surface area (Å²) in [5.41, 5.74) is 3.45. The Morgan fingerprint density at radius 2 is 2.11 bits per heavy atom. The van der Waals surface area contributed by atoms with E-state index in [0.717, 1.165) is 32.9 Å². The maximum atomic E-state index is 6.22. The topological polar surface area (TPSA) is 12.9 Å². The Labute approximate surface area is 132 Å². The van der Waals surface area contributed by atoms with Crippen molar-refractivity contribution in [1.29, 1.82) is 0 Å². The molecule has 0 aliphatic heterocycles. The number of aryl methyl sites for hydroxylation is 2. The summed E-state index contributed by atoms with van der Waals surface area (Å²) < 4.78 is 0.943. The average molecular weight is 359 g/mol. The maximum absolute atomic E-state index is 6.22. The van der Waals surface area contributed by atoms with Gasteiger partial charge in [-0.1, -0.05) is 37.6 Å². The summed E-state index contributed by atoms with van der Waals surface area (Å²) >= 11 is 11.4. The zero-order valence-corrected chi connectivity index (χ0v) is 14.5. The van der Waals surface area contributed by atoms with Gasteiger partial charge in [0.15, 0.2) is 3.92 Å². The van der Waals surface area contributed by atoms with Crippen LogP contribution in [-0.2, 0) is 6.42 Å². The Morgan fingerprint density at radius 3 is 2.74 bits per heavy atom. The molecule has 19 heavy (non-hydrogen) atoms. The molecule has 1 aromatic carbocycles. The first-order valence-corrected chi connectivity index (χ1v) is 8.38. The molecule has 0 saturated heterocycles. The maximum Gasteiger partial charge on any atom is 0.159 e. The third-order valence-corrected chi connectivity index (χ3v) is 5.07. The molecule has 0 amide bonds. The van der Waals surface area contributed by atoms with Gasteiger partial charge in [-0.2, -0.15) is 0 Å². The number of hydrogen-bond donors (Lipinski definition) is 0. The number of rotatable bonds is 4. The van der Waals surface area contributed by atoms with Gasteiger partial charge < -0.3 is 0 Å². The van der Waals surface area contributed by atoms with E-state index in [2.05, 4.69) is 46.9 Å². The van der Waals surface area contributed by atoms with Crippen molar-refractivity contribution in [2.75, 3.05) is 0 Å². The molecule has 0 unspecified atom stereocenters. The van der Waals surface area contributed by atoms with Crippen molar-refractivity contribution in [2.45, 2.75) is 33.6 Å². The highest BCUT2D eigenvalue weighted by Crippen LogP contribution is 2.35. The van der Waals surface area contributed by atoms with Crippen LogP contribution in [0.1, 0.15) is 31.5 Å². The van der Waals surface area contributed by atoms with Crippen LogP contribution in [0.4, 0.5) is 0 Å². The quantitative estimate of drug-likeness (QED) is 0.641. The second kappa shape index (κ2) is 6.38. The van der Waals surface area contributed by atoms with Crippen molar-refractivity contribution in [3.8, 4) is 10.4 Å². The van der Waals surface area contributed by atoms with Gasteiger partial charge in [-0.15, -0.1) is 11.3 Å². The number of aromatic nitrogens is 1. The summed E-state index contributed by atoms with van der Waals surface area (Å²) in [6, 6.07) is 6.23. The summed E-state index contributed by atoms with van der Waals surface area (Å²) in [7, 11) is 0. The average Bonchev–Trinajstić information content (AvgIpc) is 2.71. The minimum absolute atomic E-state index is 0.690. The number of halogens is 2. The fourth-order valence-corrected chi connectivity index (χ4v) is 3.59. The molecule has 0 spiro atoms. The summed E-state index contributed by atoms with van der Waals surface area (Å²) in [6.45, 7) is 6.50. The normalized spacial score (nSPS) is 11.3. The molecule has 2 aromatic rings. The molecule has 0 N–H and O–H groups in total. The molecule has 0 fully saturated rings. The van der Waals surface area contributed by atoms with E-state index in [1.54, 1.807) is 11.3 Å². The van der Waals surface area contributed by atoms with E-state index in [-0.39, 0.29) is 0 Å². The van der Waals surface area contributed by atoms with Crippen molar-refractivity contribution < 1.29 is 0 Å². The Kier molecular flexibility index (Phi) is 5.04. The molecular formula is C15H17BrClNS. The first-order chi connectivity index (χ1) is 8.97. The molecule has 0 atom stereocenters. The molecule has 0 saturated carbocycles. The third kappa shape index (κ3) is 3.80. The van der Waals surface area contributed by atoms with E-state index in [1.807, 2.05) is 13.0 Å². The molecule has 1 aromatic heterocycles. The fourth-order valence-electron chi connectivity index (χ4n) is 1.88. The predicted molar refractivity (Wildman–Crippen MR) is 88.2 cm³/mol. The van der Waals surface area contributed by atoms with Crippen LogP contribution in [0.3, 0.4) is 0 Å². The lowest BCUT2D eigenvalue weighted by atomic mass is 10.0. The Bertz CT molecular complexity index is 578. The summed E-state index contributed by atoms with van der Waals surface area (Å²) in [4.78, 5) is 5.83. The van der Waals surface area contributed by atoms with Gasteiger partial charge in [0.2, 0.25) is 0 Å². The molecule has 2 rings (SSSR count). The lowest BCUT2D eigenvalue weighted by molar-refractivity contribution is 0.582. The second-order valence-corrected chi connectivity index (χ2v) is 7.82. The van der Waals surface area contributed by atoms with Crippen molar-refractivity contribution in [2.24, 2.45) is 5.92 Å². The lowest BCUT2D eigenvalue weighted by Gasteiger charge is -2.06. The first kappa shape index (κ1) is 15.0. The van der Waals surface area contributed by atoms with E-state index < -0.39 is 0 Å². The Hall–Kier alpha value is -0.380. The van der Waals surface area contributed by atoms with Gasteiger partial charge in [-0.3, -0.25) is 0 Å². The van der Waals surface area contributed by atoms with Crippen LogP contribution in [0, 0.1) is 12.8 Å². The van der Waals surface area contributed by atoms with E-state index in [1.165, 1.54) is 10.6 Å². The van der Waals surface area contributed by atoms with Crippen LogP contribution in [0.15, 0.2) is 22.1 Å². The molecule has 1 nitrogen and oxygen atoms in total. The largest absolute Gasteiger partial charge is 0.233 e. The molecule has 0 aliphatic carbocycles. The van der Waals surface area contributed by atoms with Crippen molar-refractivity contribution >= 4 is 38.9 Å². The monoisotopic (exact) mass is 357 g/mol. The minimum Gasteiger partial charge on any atom is -0.233 e. The summed E-state index contributed by atoms with van der Waals surface area (Å²) in [5.74, 6) is 0.690. The molecule has 1 heterocycles. The molecule has 0 radical (unpaired) electrons. The third-order valence-electron chi connectivity index (χ3n) is 3.06.